The molecule has 4 rings (SSSR count). The number of carbonyl (C=O) groups excluding carboxylic acids is 1. The van der Waals surface area contributed by atoms with Crippen LogP contribution in [0.3, 0.4) is 0 Å². The lowest BCUT2D eigenvalue weighted by Crippen LogP contribution is -2.39. The molecule has 0 saturated carbocycles. The van der Waals surface area contributed by atoms with Gasteiger partial charge in [-0.1, -0.05) is 0 Å². The predicted octanol–water partition coefficient (Wildman–Crippen LogP) is 1.68. The number of phenolic OH excluding ortho intramolecular Hbond substituents is 2. The molecule has 1 heterocycles. The molecule has 1 aliphatic heterocycles. The smallest absolute Gasteiger partial charge is 0.177 e. The van der Waals surface area contributed by atoms with Crippen molar-refractivity contribution in [3.63, 3.8) is 0 Å². The normalized spacial score (nSPS) is 29.0. The maximum Gasteiger partial charge on any atom is 0.177 e. The van der Waals surface area contributed by atoms with E-state index in [1.807, 2.05) is 0 Å². The molecule has 2 N–H and O–H groups in total. The summed E-state index contributed by atoms with van der Waals surface area (Å²) in [6, 6.07) is 3.00. The van der Waals surface area contributed by atoms with Crippen molar-refractivity contribution in [2.45, 2.75) is 24.4 Å². The number of carbonyl (C=O) groups is 1. The minimum absolute atomic E-state index is 0.0961. The molecule has 108 valence electrons. The summed E-state index contributed by atoms with van der Waals surface area (Å²) in [5.41, 5.74) is 0.674. The topological polar surface area (TPSA) is 76.0 Å². The van der Waals surface area contributed by atoms with Crippen LogP contribution in [0.1, 0.15) is 17.5 Å². The highest BCUT2D eigenvalue weighted by atomic mass is 16.5. The van der Waals surface area contributed by atoms with Gasteiger partial charge in [0.1, 0.15) is 23.0 Å². The fraction of sp³-hybridized carbons (Fsp3) is 0.312. The number of phenols is 2. The summed E-state index contributed by atoms with van der Waals surface area (Å²) >= 11 is 0. The van der Waals surface area contributed by atoms with Crippen LogP contribution in [0, 0.1) is 0 Å². The molecule has 1 spiro atoms. The van der Waals surface area contributed by atoms with E-state index in [2.05, 4.69) is 0 Å². The quantitative estimate of drug-likeness (QED) is 0.768. The van der Waals surface area contributed by atoms with Crippen molar-refractivity contribution >= 4 is 5.78 Å². The van der Waals surface area contributed by atoms with E-state index in [1.54, 1.807) is 6.08 Å². The Bertz CT molecular complexity index is 730. The van der Waals surface area contributed by atoms with Gasteiger partial charge in [0, 0.05) is 25.0 Å². The minimum atomic E-state index is -0.883. The van der Waals surface area contributed by atoms with Gasteiger partial charge in [0.05, 0.1) is 7.11 Å². The van der Waals surface area contributed by atoms with Crippen molar-refractivity contribution in [3.8, 4) is 11.5 Å². The number of ketones is 1. The van der Waals surface area contributed by atoms with Crippen LogP contribution in [0.4, 0.5) is 0 Å². The van der Waals surface area contributed by atoms with Crippen molar-refractivity contribution in [2.24, 2.45) is 0 Å². The SMILES string of the molecule is COC1=CC(=O)[C@]23CC(Cc4cc(O)c(O)cc42)OC3=C1. The molecule has 5 heteroatoms. The molecule has 5 nitrogen and oxygen atoms in total. The Morgan fingerprint density at radius 1 is 1.29 bits per heavy atom. The van der Waals surface area contributed by atoms with Crippen molar-refractivity contribution < 1.29 is 24.5 Å². The van der Waals surface area contributed by atoms with E-state index in [4.69, 9.17) is 9.47 Å². The summed E-state index contributed by atoms with van der Waals surface area (Å²) in [5, 5.41) is 19.5. The Morgan fingerprint density at radius 3 is 2.81 bits per heavy atom. The van der Waals surface area contributed by atoms with Crippen LogP contribution in [0.15, 0.2) is 35.8 Å². The van der Waals surface area contributed by atoms with Crippen molar-refractivity contribution in [1.29, 1.82) is 0 Å². The minimum Gasteiger partial charge on any atom is -0.504 e. The first-order valence-corrected chi connectivity index (χ1v) is 6.79. The van der Waals surface area contributed by atoms with Gasteiger partial charge in [-0.15, -0.1) is 0 Å². The van der Waals surface area contributed by atoms with Gasteiger partial charge >= 0.3 is 0 Å². The summed E-state index contributed by atoms with van der Waals surface area (Å²) in [7, 11) is 1.51. The maximum absolute atomic E-state index is 12.7. The molecule has 2 bridgehead atoms. The first-order valence-electron chi connectivity index (χ1n) is 6.79. The van der Waals surface area contributed by atoms with Gasteiger partial charge in [-0.25, -0.2) is 0 Å². The van der Waals surface area contributed by atoms with E-state index in [1.165, 1.54) is 25.3 Å². The zero-order valence-corrected chi connectivity index (χ0v) is 11.4. The Labute approximate surface area is 121 Å². The van der Waals surface area contributed by atoms with Crippen LogP contribution < -0.4 is 0 Å². The molecule has 0 radical (unpaired) electrons. The average Bonchev–Trinajstić information content (AvgIpc) is 2.76. The summed E-state index contributed by atoms with van der Waals surface area (Å²) in [5.74, 6) is 0.541. The van der Waals surface area contributed by atoms with Gasteiger partial charge < -0.3 is 19.7 Å². The highest BCUT2D eigenvalue weighted by Gasteiger charge is 2.57. The van der Waals surface area contributed by atoms with E-state index in [0.29, 0.717) is 29.9 Å². The van der Waals surface area contributed by atoms with Crippen LogP contribution >= 0.6 is 0 Å². The Hall–Kier alpha value is -2.43. The first-order chi connectivity index (χ1) is 10.0. The van der Waals surface area contributed by atoms with Crippen molar-refractivity contribution in [2.75, 3.05) is 7.11 Å². The predicted molar refractivity (Wildman–Crippen MR) is 72.8 cm³/mol. The van der Waals surface area contributed by atoms with E-state index < -0.39 is 5.41 Å². The van der Waals surface area contributed by atoms with E-state index >= 15 is 0 Å². The number of allylic oxidation sites excluding steroid dienone is 3. The second-order valence-electron chi connectivity index (χ2n) is 5.68. The zero-order valence-electron chi connectivity index (χ0n) is 11.4. The number of hydrogen-bond donors (Lipinski definition) is 2. The van der Waals surface area contributed by atoms with Crippen LogP contribution in [0.2, 0.25) is 0 Å². The van der Waals surface area contributed by atoms with Crippen LogP contribution in [0.25, 0.3) is 0 Å². The molecule has 2 atom stereocenters. The van der Waals surface area contributed by atoms with Crippen molar-refractivity contribution in [1.82, 2.24) is 0 Å². The zero-order chi connectivity index (χ0) is 14.8. The van der Waals surface area contributed by atoms with Gasteiger partial charge in [-0.3, -0.25) is 4.79 Å². The lowest BCUT2D eigenvalue weighted by molar-refractivity contribution is -0.119. The Kier molecular flexibility index (Phi) is 2.24. The third-order valence-electron chi connectivity index (χ3n) is 4.56. The molecule has 0 amide bonds. The fourth-order valence-electron chi connectivity index (χ4n) is 3.61. The monoisotopic (exact) mass is 286 g/mol. The molecule has 1 aromatic rings. The number of aromatic hydroxyl groups is 2. The maximum atomic E-state index is 12.7. The Balaban J connectivity index is 1.97. The molecule has 1 unspecified atom stereocenters. The average molecular weight is 286 g/mol. The molecule has 1 fully saturated rings. The molecular weight excluding hydrogens is 272 g/mol. The summed E-state index contributed by atoms with van der Waals surface area (Å²) < 4.78 is 11.0. The summed E-state index contributed by atoms with van der Waals surface area (Å²) in [6.45, 7) is 0. The first kappa shape index (κ1) is 12.3. The molecule has 2 aliphatic carbocycles. The molecule has 1 aromatic carbocycles. The van der Waals surface area contributed by atoms with Crippen molar-refractivity contribution in [3.05, 3.63) is 46.9 Å². The highest BCUT2D eigenvalue weighted by Crippen LogP contribution is 2.54. The molecule has 1 saturated heterocycles. The lowest BCUT2D eigenvalue weighted by atomic mass is 9.66. The van der Waals surface area contributed by atoms with Gasteiger partial charge in [0.15, 0.2) is 17.3 Å². The van der Waals surface area contributed by atoms with Crippen LogP contribution in [-0.2, 0) is 26.1 Å². The second-order valence-corrected chi connectivity index (χ2v) is 5.68. The summed E-state index contributed by atoms with van der Waals surface area (Å²) in [6.07, 6.45) is 4.27. The second kappa shape index (κ2) is 3.81. The largest absolute Gasteiger partial charge is 0.504 e. The number of ether oxygens (including phenoxy) is 2. The van der Waals surface area contributed by atoms with Crippen LogP contribution in [-0.4, -0.2) is 29.2 Å². The van der Waals surface area contributed by atoms with Gasteiger partial charge in [0.2, 0.25) is 0 Å². The van der Waals surface area contributed by atoms with Gasteiger partial charge in [-0.2, -0.15) is 0 Å². The molecular formula is C16H14O5. The molecule has 3 aliphatic rings. The van der Waals surface area contributed by atoms with E-state index in [0.717, 1.165) is 5.56 Å². The van der Waals surface area contributed by atoms with E-state index in [-0.39, 0.29) is 23.4 Å². The number of hydrogen-bond acceptors (Lipinski definition) is 5. The Morgan fingerprint density at radius 2 is 2.05 bits per heavy atom. The number of methoxy groups -OCH3 is 1. The number of rotatable bonds is 1. The highest BCUT2D eigenvalue weighted by molar-refractivity contribution is 6.04. The molecule has 21 heavy (non-hydrogen) atoms. The fourth-order valence-corrected chi connectivity index (χ4v) is 3.61. The summed E-state index contributed by atoms with van der Waals surface area (Å²) in [4.78, 5) is 12.7. The third kappa shape index (κ3) is 1.43. The standard InChI is InChI=1S/C16H14O5/c1-20-9-4-14(19)16-7-10(21-15(16)5-9)2-8-3-12(17)13(18)6-11(8)16/h3-6,10,17-18H,2,7H2,1H3/t10?,16-/m0/s1. The van der Waals surface area contributed by atoms with Gasteiger partial charge in [-0.05, 0) is 23.3 Å². The van der Waals surface area contributed by atoms with Crippen LogP contribution in [0.5, 0.6) is 11.5 Å². The third-order valence-corrected chi connectivity index (χ3v) is 4.56. The van der Waals surface area contributed by atoms with E-state index in [9.17, 15) is 15.0 Å². The lowest BCUT2D eigenvalue weighted by Gasteiger charge is -2.32. The van der Waals surface area contributed by atoms with Gasteiger partial charge in [0.25, 0.3) is 0 Å². The number of fused-ring (bicyclic) bond motifs is 2. The molecule has 0 aromatic heterocycles. The number of benzene rings is 1.